The zero-order chi connectivity index (χ0) is 25.1. The van der Waals surface area contributed by atoms with Gasteiger partial charge in [-0.25, -0.2) is 4.39 Å². The predicted octanol–water partition coefficient (Wildman–Crippen LogP) is 8.62. The predicted molar refractivity (Wildman–Crippen MR) is 131 cm³/mol. The summed E-state index contributed by atoms with van der Waals surface area (Å²) in [5, 5.41) is 11.4. The fourth-order valence-electron chi connectivity index (χ4n) is 7.32. The number of aliphatic hydroxyl groups is 1. The molecule has 1 N–H and O–H groups in total. The Morgan fingerprint density at radius 3 is 2.08 bits per heavy atom. The van der Waals surface area contributed by atoms with Gasteiger partial charge in [-0.3, -0.25) is 4.98 Å². The minimum absolute atomic E-state index is 0.153. The van der Waals surface area contributed by atoms with Crippen LogP contribution in [0.1, 0.15) is 140 Å². The Kier molecular flexibility index (Phi) is 6.17. The molecule has 1 spiro atoms. The summed E-state index contributed by atoms with van der Waals surface area (Å²) >= 11 is 0. The van der Waals surface area contributed by atoms with E-state index in [9.17, 15) is 18.3 Å². The highest BCUT2D eigenvalue weighted by molar-refractivity contribution is 5.51. The van der Waals surface area contributed by atoms with Crippen LogP contribution in [0.15, 0.2) is 24.3 Å². The standard InChI is InChI=1S/C30H35F4NO/c31-27(19-10-12-21(13-11-19)30(32,33)34)26-24(18-6-2-1-3-7-18)25-22(16-29(14-15-29)17-23(25)36)35-28(26)20-8-4-5-9-20/h10-13,18,20,23,27,36H,1-9,14-17H2/t23-,27?/m0/s1. The van der Waals surface area contributed by atoms with Crippen molar-refractivity contribution in [3.8, 4) is 0 Å². The minimum Gasteiger partial charge on any atom is -0.388 e. The van der Waals surface area contributed by atoms with E-state index in [2.05, 4.69) is 0 Å². The molecule has 36 heavy (non-hydrogen) atoms. The van der Waals surface area contributed by atoms with Crippen LogP contribution in [0.25, 0.3) is 0 Å². The first-order valence-corrected chi connectivity index (χ1v) is 13.8. The molecule has 1 unspecified atom stereocenters. The molecule has 6 rings (SSSR count). The Bertz CT molecular complexity index is 1110. The van der Waals surface area contributed by atoms with E-state index < -0.39 is 24.0 Å². The Morgan fingerprint density at radius 1 is 0.861 bits per heavy atom. The SMILES string of the molecule is O[C@H]1CC2(CC2)Cc2nc(C3CCCC3)c(C(F)c3ccc(C(F)(F)F)cc3)c(C3CCCCC3)c21. The van der Waals surface area contributed by atoms with E-state index in [-0.39, 0.29) is 22.8 Å². The molecule has 0 radical (unpaired) electrons. The number of fused-ring (bicyclic) bond motifs is 1. The topological polar surface area (TPSA) is 33.1 Å². The quantitative estimate of drug-likeness (QED) is 0.426. The average Bonchev–Trinajstić information content (AvgIpc) is 3.37. The third kappa shape index (κ3) is 4.37. The second-order valence-electron chi connectivity index (χ2n) is 11.9. The molecule has 1 aromatic heterocycles. The molecule has 0 aliphatic heterocycles. The van der Waals surface area contributed by atoms with Gasteiger partial charge in [-0.15, -0.1) is 0 Å². The number of benzene rings is 1. The van der Waals surface area contributed by atoms with Crippen molar-refractivity contribution in [2.45, 2.75) is 114 Å². The second kappa shape index (κ2) is 9.11. The van der Waals surface area contributed by atoms with Crippen molar-refractivity contribution in [3.05, 3.63) is 63.5 Å². The molecule has 0 bridgehead atoms. The van der Waals surface area contributed by atoms with Gasteiger partial charge >= 0.3 is 6.18 Å². The molecule has 2 aromatic rings. The molecule has 4 aliphatic carbocycles. The number of nitrogens with zero attached hydrogens (tertiary/aromatic N) is 1. The van der Waals surface area contributed by atoms with Crippen molar-refractivity contribution in [1.82, 2.24) is 4.98 Å². The van der Waals surface area contributed by atoms with Crippen LogP contribution in [-0.2, 0) is 12.6 Å². The van der Waals surface area contributed by atoms with Crippen molar-refractivity contribution in [1.29, 1.82) is 0 Å². The van der Waals surface area contributed by atoms with Gasteiger partial charge in [-0.2, -0.15) is 13.2 Å². The third-order valence-electron chi connectivity index (χ3n) is 9.42. The van der Waals surface area contributed by atoms with Crippen molar-refractivity contribution in [2.24, 2.45) is 5.41 Å². The first kappa shape index (κ1) is 24.4. The number of aliphatic hydroxyl groups excluding tert-OH is 1. The number of halogens is 4. The minimum atomic E-state index is -4.46. The Balaban J connectivity index is 1.53. The summed E-state index contributed by atoms with van der Waals surface area (Å²) in [5.41, 5.74) is 3.79. The molecule has 2 nitrogen and oxygen atoms in total. The fourth-order valence-corrected chi connectivity index (χ4v) is 7.32. The van der Waals surface area contributed by atoms with E-state index in [1.54, 1.807) is 0 Å². The van der Waals surface area contributed by atoms with Crippen LogP contribution in [-0.4, -0.2) is 10.1 Å². The third-order valence-corrected chi connectivity index (χ3v) is 9.42. The largest absolute Gasteiger partial charge is 0.416 e. The Labute approximate surface area is 210 Å². The second-order valence-corrected chi connectivity index (χ2v) is 11.9. The molecular formula is C30H35F4NO. The van der Waals surface area contributed by atoms with Gasteiger partial charge in [0.25, 0.3) is 0 Å². The summed E-state index contributed by atoms with van der Waals surface area (Å²) in [7, 11) is 0. The van der Waals surface area contributed by atoms with Gasteiger partial charge in [-0.05, 0) is 86.0 Å². The van der Waals surface area contributed by atoms with Gasteiger partial charge in [0.15, 0.2) is 6.17 Å². The smallest absolute Gasteiger partial charge is 0.388 e. The lowest BCUT2D eigenvalue weighted by Gasteiger charge is -2.37. The maximum atomic E-state index is 16.7. The van der Waals surface area contributed by atoms with E-state index in [1.165, 1.54) is 12.1 Å². The molecule has 1 heterocycles. The van der Waals surface area contributed by atoms with E-state index in [0.29, 0.717) is 12.0 Å². The molecule has 0 saturated heterocycles. The summed E-state index contributed by atoms with van der Waals surface area (Å²) < 4.78 is 56.2. The Hall–Kier alpha value is -1.95. The molecule has 4 aliphatic rings. The summed E-state index contributed by atoms with van der Waals surface area (Å²) in [6.07, 6.45) is 6.51. The molecule has 6 heteroatoms. The number of alkyl halides is 4. The lowest BCUT2D eigenvalue weighted by atomic mass is 9.71. The van der Waals surface area contributed by atoms with Crippen molar-refractivity contribution in [3.63, 3.8) is 0 Å². The highest BCUT2D eigenvalue weighted by Gasteiger charge is 2.50. The summed E-state index contributed by atoms with van der Waals surface area (Å²) in [5.74, 6) is 0.343. The average molecular weight is 502 g/mol. The molecule has 3 fully saturated rings. The van der Waals surface area contributed by atoms with Crippen molar-refractivity contribution in [2.75, 3.05) is 0 Å². The lowest BCUT2D eigenvalue weighted by molar-refractivity contribution is -0.137. The summed E-state index contributed by atoms with van der Waals surface area (Å²) in [4.78, 5) is 5.16. The maximum absolute atomic E-state index is 16.7. The number of aromatic nitrogens is 1. The van der Waals surface area contributed by atoms with Crippen LogP contribution in [0.2, 0.25) is 0 Å². The molecule has 0 amide bonds. The zero-order valence-corrected chi connectivity index (χ0v) is 20.7. The lowest BCUT2D eigenvalue weighted by Crippen LogP contribution is -2.27. The first-order chi connectivity index (χ1) is 17.3. The summed E-state index contributed by atoms with van der Waals surface area (Å²) in [6, 6.07) is 4.53. The molecule has 3 saturated carbocycles. The van der Waals surface area contributed by atoms with Gasteiger partial charge in [0.1, 0.15) is 0 Å². The highest BCUT2D eigenvalue weighted by Crippen LogP contribution is 2.59. The van der Waals surface area contributed by atoms with E-state index >= 15 is 4.39 Å². The first-order valence-electron chi connectivity index (χ1n) is 13.8. The molecule has 1 aromatic carbocycles. The summed E-state index contributed by atoms with van der Waals surface area (Å²) in [6.45, 7) is 0. The van der Waals surface area contributed by atoms with E-state index in [4.69, 9.17) is 4.98 Å². The van der Waals surface area contributed by atoms with Crippen LogP contribution in [0, 0.1) is 5.41 Å². The van der Waals surface area contributed by atoms with Gasteiger partial charge in [0.05, 0.1) is 17.4 Å². The Morgan fingerprint density at radius 2 is 1.47 bits per heavy atom. The van der Waals surface area contributed by atoms with Gasteiger partial charge in [-0.1, -0.05) is 44.2 Å². The van der Waals surface area contributed by atoms with Crippen molar-refractivity contribution < 1.29 is 22.7 Å². The number of pyridine rings is 1. The normalized spacial score (nSPS) is 25.2. The van der Waals surface area contributed by atoms with Crippen LogP contribution in [0.3, 0.4) is 0 Å². The maximum Gasteiger partial charge on any atom is 0.416 e. The number of hydrogen-bond acceptors (Lipinski definition) is 2. The molecule has 2 atom stereocenters. The van der Waals surface area contributed by atoms with E-state index in [0.717, 1.165) is 112 Å². The number of hydrogen-bond donors (Lipinski definition) is 1. The monoisotopic (exact) mass is 501 g/mol. The van der Waals surface area contributed by atoms with Crippen LogP contribution >= 0.6 is 0 Å². The van der Waals surface area contributed by atoms with Gasteiger partial charge in [0, 0.05) is 22.7 Å². The van der Waals surface area contributed by atoms with Gasteiger partial charge < -0.3 is 5.11 Å². The van der Waals surface area contributed by atoms with Crippen LogP contribution in [0.4, 0.5) is 17.6 Å². The molecular weight excluding hydrogens is 466 g/mol. The fraction of sp³-hybridized carbons (Fsp3) is 0.633. The zero-order valence-electron chi connectivity index (χ0n) is 20.7. The van der Waals surface area contributed by atoms with Crippen LogP contribution < -0.4 is 0 Å². The van der Waals surface area contributed by atoms with Gasteiger partial charge in [0.2, 0.25) is 0 Å². The van der Waals surface area contributed by atoms with Crippen LogP contribution in [0.5, 0.6) is 0 Å². The van der Waals surface area contributed by atoms with E-state index in [1.807, 2.05) is 0 Å². The highest BCUT2D eigenvalue weighted by atomic mass is 19.4. The number of rotatable bonds is 4. The van der Waals surface area contributed by atoms with Crippen molar-refractivity contribution >= 4 is 0 Å². The molecule has 194 valence electrons.